The lowest BCUT2D eigenvalue weighted by molar-refractivity contribution is 0.102. The molecule has 0 bridgehead atoms. The number of nitrogens with zero attached hydrogens (tertiary/aromatic N) is 1. The van der Waals surface area contributed by atoms with E-state index in [1.807, 2.05) is 30.3 Å². The van der Waals surface area contributed by atoms with Gasteiger partial charge in [0.15, 0.2) is 5.75 Å². The van der Waals surface area contributed by atoms with Crippen molar-refractivity contribution in [1.29, 1.82) is 0 Å². The van der Waals surface area contributed by atoms with Gasteiger partial charge in [0.25, 0.3) is 0 Å². The third-order valence-corrected chi connectivity index (χ3v) is 5.37. The third kappa shape index (κ3) is 2.43. The standard InChI is InChI=1S/C20H13NO4S/c1-21-16(18(24)14-8-9-15(22)19(25)20(14)26-21)17(23)13-7-6-11-4-2-3-5-12(11)10-13/h2-10,24H,1H3. The Morgan fingerprint density at radius 1 is 1.00 bits per heavy atom. The summed E-state index contributed by atoms with van der Waals surface area (Å²) in [7, 11) is 1.58. The van der Waals surface area contributed by atoms with Gasteiger partial charge in [-0.05, 0) is 29.0 Å². The molecule has 1 aliphatic heterocycles. The van der Waals surface area contributed by atoms with Crippen LogP contribution in [0.4, 0.5) is 0 Å². The molecule has 2 aliphatic rings. The van der Waals surface area contributed by atoms with E-state index in [4.69, 9.17) is 0 Å². The minimum absolute atomic E-state index is 0.0795. The second-order valence-electron chi connectivity index (χ2n) is 5.95. The van der Waals surface area contributed by atoms with Crippen LogP contribution in [0.3, 0.4) is 0 Å². The highest BCUT2D eigenvalue weighted by Crippen LogP contribution is 2.25. The van der Waals surface area contributed by atoms with Gasteiger partial charge in [0, 0.05) is 17.8 Å². The third-order valence-electron chi connectivity index (χ3n) is 4.33. The minimum atomic E-state index is -0.678. The number of aromatic hydroxyl groups is 1. The average Bonchev–Trinajstić information content (AvgIpc) is 2.64. The Labute approximate surface area is 151 Å². The van der Waals surface area contributed by atoms with Gasteiger partial charge in [-0.15, -0.1) is 0 Å². The molecule has 5 nitrogen and oxygen atoms in total. The molecule has 0 fully saturated rings. The number of aromatic nitrogens is 1. The number of carbonyl (C=O) groups is 1. The summed E-state index contributed by atoms with van der Waals surface area (Å²) in [5.74, 6) is -0.649. The largest absolute Gasteiger partial charge is 0.505 e. The molecule has 0 amide bonds. The van der Waals surface area contributed by atoms with Crippen LogP contribution < -0.4 is 10.9 Å². The number of carbonyl (C=O) groups excluding carboxylic acids is 1. The van der Waals surface area contributed by atoms with E-state index in [0.29, 0.717) is 5.56 Å². The summed E-state index contributed by atoms with van der Waals surface area (Å²) in [5, 5.41) is 12.8. The molecular formula is C20H13NO4S. The topological polar surface area (TPSA) is 76.4 Å². The Hall–Kier alpha value is -3.25. The average molecular weight is 363 g/mol. The molecule has 0 spiro atoms. The van der Waals surface area contributed by atoms with Crippen molar-refractivity contribution in [1.82, 2.24) is 3.96 Å². The minimum Gasteiger partial charge on any atom is -0.505 e. The van der Waals surface area contributed by atoms with Crippen molar-refractivity contribution < 1.29 is 9.90 Å². The number of rotatable bonds is 2. The zero-order valence-corrected chi connectivity index (χ0v) is 14.5. The van der Waals surface area contributed by atoms with Crippen LogP contribution in [0, 0.1) is 9.75 Å². The maximum Gasteiger partial charge on any atom is 0.245 e. The highest BCUT2D eigenvalue weighted by molar-refractivity contribution is 7.04. The summed E-state index contributed by atoms with van der Waals surface area (Å²) in [5.41, 5.74) is -0.801. The van der Waals surface area contributed by atoms with Crippen LogP contribution in [-0.2, 0) is 7.05 Å². The summed E-state index contributed by atoms with van der Waals surface area (Å²) in [6, 6.07) is 15.5. The van der Waals surface area contributed by atoms with Gasteiger partial charge in [-0.25, -0.2) is 0 Å². The normalized spacial score (nSPS) is 11.1. The zero-order chi connectivity index (χ0) is 18.4. The van der Waals surface area contributed by atoms with E-state index in [2.05, 4.69) is 0 Å². The van der Waals surface area contributed by atoms with E-state index in [1.165, 1.54) is 10.0 Å². The van der Waals surface area contributed by atoms with E-state index >= 15 is 0 Å². The van der Waals surface area contributed by atoms with Crippen molar-refractivity contribution in [3.05, 3.63) is 96.1 Å². The lowest BCUT2D eigenvalue weighted by Crippen LogP contribution is -2.24. The van der Waals surface area contributed by atoms with Crippen LogP contribution in [0.2, 0.25) is 0 Å². The summed E-state index contributed by atoms with van der Waals surface area (Å²) in [6.07, 6.45) is 0. The summed E-state index contributed by atoms with van der Waals surface area (Å²) >= 11 is 0.973. The van der Waals surface area contributed by atoms with E-state index in [0.717, 1.165) is 28.4 Å². The maximum absolute atomic E-state index is 13.0. The van der Waals surface area contributed by atoms with Crippen LogP contribution in [0.25, 0.3) is 10.8 Å². The quantitative estimate of drug-likeness (QED) is 0.439. The molecule has 2 aromatic rings. The predicted octanol–water partition coefficient (Wildman–Crippen LogP) is 2.62. The number of benzene rings is 2. The molecular weight excluding hydrogens is 350 g/mol. The van der Waals surface area contributed by atoms with Gasteiger partial charge in [-0.1, -0.05) is 47.9 Å². The van der Waals surface area contributed by atoms with Gasteiger partial charge >= 0.3 is 0 Å². The van der Waals surface area contributed by atoms with Crippen molar-refractivity contribution in [2.75, 3.05) is 0 Å². The lowest BCUT2D eigenvalue weighted by atomic mass is 10.0. The van der Waals surface area contributed by atoms with Crippen LogP contribution in [0.5, 0.6) is 5.75 Å². The fourth-order valence-electron chi connectivity index (χ4n) is 3.00. The second-order valence-corrected chi connectivity index (χ2v) is 7.09. The first-order chi connectivity index (χ1) is 12.5. The van der Waals surface area contributed by atoms with Gasteiger partial charge < -0.3 is 5.11 Å². The van der Waals surface area contributed by atoms with Crippen molar-refractivity contribution in [3.8, 4) is 5.75 Å². The highest BCUT2D eigenvalue weighted by Gasteiger charge is 2.20. The first-order valence-corrected chi connectivity index (χ1v) is 8.64. The molecule has 0 unspecified atom stereocenters. The van der Waals surface area contributed by atoms with Gasteiger partial charge in [0.2, 0.25) is 16.6 Å². The van der Waals surface area contributed by atoms with Crippen LogP contribution in [0.15, 0.2) is 64.2 Å². The van der Waals surface area contributed by atoms with E-state index in [-0.39, 0.29) is 27.0 Å². The number of ketones is 1. The van der Waals surface area contributed by atoms with E-state index in [9.17, 15) is 19.5 Å². The Balaban J connectivity index is 1.98. The molecule has 0 saturated heterocycles. The first-order valence-electron chi connectivity index (χ1n) is 7.87. The van der Waals surface area contributed by atoms with Crippen LogP contribution in [-0.4, -0.2) is 14.8 Å². The number of hydrogen-bond donors (Lipinski definition) is 1. The summed E-state index contributed by atoms with van der Waals surface area (Å²) in [6.45, 7) is 0. The Morgan fingerprint density at radius 2 is 1.73 bits per heavy atom. The van der Waals surface area contributed by atoms with Gasteiger partial charge in [-0.2, -0.15) is 0 Å². The van der Waals surface area contributed by atoms with Gasteiger partial charge in [-0.3, -0.25) is 18.3 Å². The molecule has 0 atom stereocenters. The van der Waals surface area contributed by atoms with Crippen molar-refractivity contribution in [2.45, 2.75) is 0 Å². The Kier molecular flexibility index (Phi) is 3.70. The monoisotopic (exact) mass is 363 g/mol. The molecule has 0 saturated carbocycles. The Morgan fingerprint density at radius 3 is 2.50 bits per heavy atom. The summed E-state index contributed by atoms with van der Waals surface area (Å²) in [4.78, 5) is 36.6. The van der Waals surface area contributed by atoms with Crippen LogP contribution in [0.1, 0.15) is 16.1 Å². The molecule has 4 rings (SSSR count). The lowest BCUT2D eigenvalue weighted by Gasteiger charge is -2.11. The van der Waals surface area contributed by atoms with Crippen molar-refractivity contribution >= 4 is 28.1 Å². The van der Waals surface area contributed by atoms with E-state index < -0.39 is 10.9 Å². The molecule has 0 radical (unpaired) electrons. The van der Waals surface area contributed by atoms with E-state index in [1.54, 1.807) is 19.2 Å². The van der Waals surface area contributed by atoms with Gasteiger partial charge in [0.05, 0.1) is 0 Å². The SMILES string of the molecule is Cn1sc2c(=O)c(=O)ccc=2c(O)c1C(=O)c1ccc2ccccc2c1. The molecule has 128 valence electrons. The number of aryl methyl sites for hydroxylation is 1. The smallest absolute Gasteiger partial charge is 0.245 e. The Bertz CT molecular complexity index is 1370. The molecule has 6 heteroatoms. The highest BCUT2D eigenvalue weighted by atomic mass is 32.1. The molecule has 2 aromatic carbocycles. The molecule has 26 heavy (non-hydrogen) atoms. The molecule has 1 heterocycles. The summed E-state index contributed by atoms with van der Waals surface area (Å²) < 4.78 is 1.56. The number of hydrogen-bond acceptors (Lipinski definition) is 5. The first kappa shape index (κ1) is 16.2. The number of fused-ring (bicyclic) bond motifs is 1. The molecule has 1 aliphatic carbocycles. The van der Waals surface area contributed by atoms with Crippen molar-refractivity contribution in [2.24, 2.45) is 7.05 Å². The second kappa shape index (κ2) is 5.93. The van der Waals surface area contributed by atoms with Crippen molar-refractivity contribution in [3.63, 3.8) is 0 Å². The molecule has 1 N–H and O–H groups in total. The fourth-order valence-corrected chi connectivity index (χ4v) is 3.98. The fraction of sp³-hybridized carbons (Fsp3) is 0.0500. The maximum atomic E-state index is 13.0. The van der Waals surface area contributed by atoms with Gasteiger partial charge in [0.1, 0.15) is 10.2 Å². The zero-order valence-electron chi connectivity index (χ0n) is 13.7. The predicted molar refractivity (Wildman–Crippen MR) is 100 cm³/mol. The van der Waals surface area contributed by atoms with Crippen LogP contribution >= 0.6 is 11.5 Å². The molecule has 0 aromatic heterocycles.